The monoisotopic (exact) mass is 499 g/mol. The van der Waals surface area contributed by atoms with Crippen LogP contribution in [-0.4, -0.2) is 25.1 Å². The van der Waals surface area contributed by atoms with Crippen LogP contribution in [0.5, 0.6) is 5.75 Å². The maximum absolute atomic E-state index is 5.98. The third-order valence-electron chi connectivity index (χ3n) is 6.37. The molecule has 0 aliphatic carbocycles. The second-order valence-electron chi connectivity index (χ2n) is 8.78. The van der Waals surface area contributed by atoms with Gasteiger partial charge in [-0.05, 0) is 47.3 Å². The molecule has 2 aromatic carbocycles. The van der Waals surface area contributed by atoms with Crippen LogP contribution in [0.25, 0.3) is 55.0 Å². The van der Waals surface area contributed by atoms with Crippen LogP contribution in [0.4, 0.5) is 0 Å². The topological polar surface area (TPSA) is 79.5 Å². The first-order valence-electron chi connectivity index (χ1n) is 11.9. The summed E-state index contributed by atoms with van der Waals surface area (Å²) in [5.74, 6) is 0.701. The second-order valence-corrected chi connectivity index (χ2v) is 9.72. The molecule has 0 bridgehead atoms. The minimum absolute atomic E-state index is 0.484. The van der Waals surface area contributed by atoms with Crippen LogP contribution in [-0.2, 0) is 6.61 Å². The number of rotatable bonds is 6. The summed E-state index contributed by atoms with van der Waals surface area (Å²) in [5.41, 5.74) is 8.47. The molecule has 0 radical (unpaired) electrons. The predicted molar refractivity (Wildman–Crippen MR) is 148 cm³/mol. The summed E-state index contributed by atoms with van der Waals surface area (Å²) < 4.78 is 5.98. The first-order valence-corrected chi connectivity index (χ1v) is 12.8. The minimum atomic E-state index is 0.484. The molecule has 0 amide bonds. The lowest BCUT2D eigenvalue weighted by atomic mass is 10.1. The lowest BCUT2D eigenvalue weighted by molar-refractivity contribution is 0.305. The minimum Gasteiger partial charge on any atom is -0.487 e. The Labute approximate surface area is 216 Å². The highest BCUT2D eigenvalue weighted by Gasteiger charge is 2.16. The predicted octanol–water partition coefficient (Wildman–Crippen LogP) is 7.48. The summed E-state index contributed by atoms with van der Waals surface area (Å²) in [6.45, 7) is 0.484. The molecule has 178 valence electrons. The van der Waals surface area contributed by atoms with Gasteiger partial charge in [0.05, 0.1) is 23.1 Å². The van der Waals surface area contributed by atoms with Crippen molar-refractivity contribution in [1.82, 2.24) is 25.1 Å². The van der Waals surface area contributed by atoms with E-state index in [0.29, 0.717) is 12.4 Å². The molecule has 0 unspecified atom stereocenters. The van der Waals surface area contributed by atoms with Crippen LogP contribution in [0.3, 0.4) is 0 Å². The number of hydrogen-bond donors (Lipinski definition) is 2. The van der Waals surface area contributed by atoms with Crippen LogP contribution in [0.1, 0.15) is 5.56 Å². The number of thiophene rings is 1. The van der Waals surface area contributed by atoms with E-state index in [-0.39, 0.29) is 0 Å². The Morgan fingerprint density at radius 1 is 0.838 bits per heavy atom. The molecule has 7 heteroatoms. The number of pyridine rings is 2. The van der Waals surface area contributed by atoms with Gasteiger partial charge in [-0.2, -0.15) is 5.10 Å². The van der Waals surface area contributed by atoms with Gasteiger partial charge in [-0.3, -0.25) is 10.1 Å². The van der Waals surface area contributed by atoms with Crippen molar-refractivity contribution in [2.75, 3.05) is 0 Å². The van der Waals surface area contributed by atoms with Gasteiger partial charge in [0.2, 0.25) is 0 Å². The highest BCUT2D eigenvalue weighted by molar-refractivity contribution is 7.13. The average Bonchev–Trinajstić information content (AvgIpc) is 3.71. The van der Waals surface area contributed by atoms with Gasteiger partial charge in [-0.25, -0.2) is 4.98 Å². The van der Waals surface area contributed by atoms with E-state index in [2.05, 4.69) is 61.9 Å². The molecule has 5 aromatic heterocycles. The van der Waals surface area contributed by atoms with Crippen molar-refractivity contribution >= 4 is 33.3 Å². The standard InChI is InChI=1S/C30H21N5OS/c1-2-6-19(7-3-1)18-36-21-14-20(16-31-17-21)24-11-12-26-29(33-24)30(35-34-26)27-15-23-22(28-10-5-13-37-28)8-4-9-25(23)32-27/h1-17,32H,18H2,(H,34,35). The van der Waals surface area contributed by atoms with E-state index in [0.717, 1.165) is 44.8 Å². The Kier molecular flexibility index (Phi) is 5.26. The van der Waals surface area contributed by atoms with E-state index in [4.69, 9.17) is 9.72 Å². The van der Waals surface area contributed by atoms with Crippen molar-refractivity contribution in [3.8, 4) is 38.8 Å². The van der Waals surface area contributed by atoms with E-state index in [1.807, 2.05) is 48.5 Å². The summed E-state index contributed by atoms with van der Waals surface area (Å²) in [7, 11) is 0. The quantitative estimate of drug-likeness (QED) is 0.249. The third kappa shape index (κ3) is 4.05. The molecule has 0 spiro atoms. The Bertz CT molecular complexity index is 1840. The van der Waals surface area contributed by atoms with Crippen LogP contribution in [0.2, 0.25) is 0 Å². The highest BCUT2D eigenvalue weighted by Crippen LogP contribution is 2.35. The summed E-state index contributed by atoms with van der Waals surface area (Å²) in [4.78, 5) is 14.2. The number of aromatic nitrogens is 5. The molecular weight excluding hydrogens is 478 g/mol. The van der Waals surface area contributed by atoms with Crippen molar-refractivity contribution in [1.29, 1.82) is 0 Å². The summed E-state index contributed by atoms with van der Waals surface area (Å²) in [6.07, 6.45) is 3.53. The molecule has 0 aliphatic rings. The van der Waals surface area contributed by atoms with Crippen molar-refractivity contribution in [3.63, 3.8) is 0 Å². The molecule has 37 heavy (non-hydrogen) atoms. The highest BCUT2D eigenvalue weighted by atomic mass is 32.1. The SMILES string of the molecule is c1ccc(COc2cncc(-c3ccc4[nH]nc(-c5cc6c(-c7cccs7)cccc6[nH]5)c4n3)c2)cc1. The normalized spacial score (nSPS) is 11.4. The largest absolute Gasteiger partial charge is 0.487 e. The number of H-pyrrole nitrogens is 2. The van der Waals surface area contributed by atoms with Gasteiger partial charge in [-0.15, -0.1) is 11.3 Å². The zero-order valence-electron chi connectivity index (χ0n) is 19.7. The molecule has 0 saturated carbocycles. The van der Waals surface area contributed by atoms with Gasteiger partial charge in [-0.1, -0.05) is 48.5 Å². The average molecular weight is 500 g/mol. The molecule has 0 saturated heterocycles. The van der Waals surface area contributed by atoms with Crippen LogP contribution >= 0.6 is 11.3 Å². The summed E-state index contributed by atoms with van der Waals surface area (Å²) in [6, 6.07) is 28.8. The van der Waals surface area contributed by atoms with E-state index < -0.39 is 0 Å². The molecular formula is C30H21N5OS. The van der Waals surface area contributed by atoms with Crippen molar-refractivity contribution in [3.05, 3.63) is 108 Å². The van der Waals surface area contributed by atoms with Gasteiger partial charge in [0.1, 0.15) is 23.6 Å². The molecule has 7 aromatic rings. The lowest BCUT2D eigenvalue weighted by Gasteiger charge is -2.08. The Morgan fingerprint density at radius 2 is 1.78 bits per heavy atom. The molecule has 0 atom stereocenters. The second kappa shape index (κ2) is 9.04. The summed E-state index contributed by atoms with van der Waals surface area (Å²) in [5, 5.41) is 11.0. The van der Waals surface area contributed by atoms with Crippen molar-refractivity contribution in [2.24, 2.45) is 0 Å². The van der Waals surface area contributed by atoms with Gasteiger partial charge in [0.15, 0.2) is 0 Å². The third-order valence-corrected chi connectivity index (χ3v) is 7.27. The molecule has 0 fully saturated rings. The molecule has 6 nitrogen and oxygen atoms in total. The van der Waals surface area contributed by atoms with Crippen molar-refractivity contribution in [2.45, 2.75) is 6.61 Å². The van der Waals surface area contributed by atoms with E-state index in [1.165, 1.54) is 15.8 Å². The molecule has 2 N–H and O–H groups in total. The number of ether oxygens (including phenoxy) is 1. The van der Waals surface area contributed by atoms with Gasteiger partial charge < -0.3 is 9.72 Å². The molecule has 0 aliphatic heterocycles. The number of hydrogen-bond acceptors (Lipinski definition) is 5. The number of fused-ring (bicyclic) bond motifs is 2. The van der Waals surface area contributed by atoms with Crippen molar-refractivity contribution < 1.29 is 4.74 Å². The Balaban J connectivity index is 1.24. The van der Waals surface area contributed by atoms with Gasteiger partial charge in [0, 0.05) is 33.1 Å². The zero-order valence-corrected chi connectivity index (χ0v) is 20.5. The number of nitrogens with zero attached hydrogens (tertiary/aromatic N) is 3. The van der Waals surface area contributed by atoms with Crippen LogP contribution in [0, 0.1) is 0 Å². The summed E-state index contributed by atoms with van der Waals surface area (Å²) >= 11 is 1.74. The molecule has 7 rings (SSSR count). The Hall–Kier alpha value is -4.75. The van der Waals surface area contributed by atoms with E-state index >= 15 is 0 Å². The fourth-order valence-electron chi connectivity index (χ4n) is 4.56. The zero-order chi connectivity index (χ0) is 24.6. The number of benzene rings is 2. The number of nitrogens with one attached hydrogen (secondary N) is 2. The number of aromatic amines is 2. The lowest BCUT2D eigenvalue weighted by Crippen LogP contribution is -1.96. The Morgan fingerprint density at radius 3 is 2.68 bits per heavy atom. The van der Waals surface area contributed by atoms with E-state index in [1.54, 1.807) is 23.7 Å². The first kappa shape index (κ1) is 21.5. The van der Waals surface area contributed by atoms with Crippen LogP contribution < -0.4 is 4.74 Å². The fraction of sp³-hybridized carbons (Fsp3) is 0.0333. The van der Waals surface area contributed by atoms with Crippen LogP contribution in [0.15, 0.2) is 103 Å². The maximum Gasteiger partial charge on any atom is 0.138 e. The maximum atomic E-state index is 5.98. The first-order chi connectivity index (χ1) is 18.3. The fourth-order valence-corrected chi connectivity index (χ4v) is 5.32. The van der Waals surface area contributed by atoms with E-state index in [9.17, 15) is 0 Å². The molecule has 5 heterocycles. The smallest absolute Gasteiger partial charge is 0.138 e. The van der Waals surface area contributed by atoms with Gasteiger partial charge in [0.25, 0.3) is 0 Å². The van der Waals surface area contributed by atoms with Gasteiger partial charge >= 0.3 is 0 Å².